The van der Waals surface area contributed by atoms with Crippen LogP contribution >= 0.6 is 11.6 Å². The topological polar surface area (TPSA) is 74.8 Å². The molecule has 0 aliphatic carbocycles. The minimum absolute atomic E-state index is 0.0649. The summed E-state index contributed by atoms with van der Waals surface area (Å²) in [7, 11) is 0. The normalized spacial score (nSPS) is 11.0. The molecule has 0 aliphatic rings. The summed E-state index contributed by atoms with van der Waals surface area (Å²) in [6.07, 6.45) is 3.10. The molecule has 156 valence electrons. The molecule has 2 heterocycles. The smallest absolute Gasteiger partial charge is 0.224 e. The predicted octanol–water partition coefficient (Wildman–Crippen LogP) is 5.74. The van der Waals surface area contributed by atoms with Crippen molar-refractivity contribution in [2.24, 2.45) is 0 Å². The van der Waals surface area contributed by atoms with E-state index in [4.69, 9.17) is 11.6 Å². The van der Waals surface area contributed by atoms with E-state index in [2.05, 4.69) is 15.3 Å². The van der Waals surface area contributed by atoms with Crippen LogP contribution in [0.2, 0.25) is 5.02 Å². The van der Waals surface area contributed by atoms with Crippen LogP contribution in [0.3, 0.4) is 0 Å². The number of hydrogen-bond donors (Lipinski definition) is 2. The Labute approximate surface area is 181 Å². The quantitative estimate of drug-likeness (QED) is 0.389. The van der Waals surface area contributed by atoms with Crippen LogP contribution in [-0.4, -0.2) is 21.7 Å². The number of nitrogens with one attached hydrogen (secondary N) is 2. The fourth-order valence-electron chi connectivity index (χ4n) is 3.22. The van der Waals surface area contributed by atoms with Gasteiger partial charge in [0.25, 0.3) is 0 Å². The van der Waals surface area contributed by atoms with Crippen molar-refractivity contribution in [1.29, 1.82) is 0 Å². The molecule has 31 heavy (non-hydrogen) atoms. The zero-order valence-corrected chi connectivity index (χ0v) is 17.1. The SMILES string of the molecule is CCC(=O)Nc1ccc(F)c(C(=O)c2c[nH]c3ncc(-c4ccc(Cl)cc4)cc23)c1F. The van der Waals surface area contributed by atoms with Crippen LogP contribution in [0, 0.1) is 11.6 Å². The summed E-state index contributed by atoms with van der Waals surface area (Å²) in [5.41, 5.74) is 0.998. The van der Waals surface area contributed by atoms with Gasteiger partial charge < -0.3 is 10.3 Å². The second-order valence-electron chi connectivity index (χ2n) is 6.84. The van der Waals surface area contributed by atoms with Gasteiger partial charge in [0.1, 0.15) is 11.5 Å². The molecule has 4 aromatic rings. The molecule has 0 radical (unpaired) electrons. The molecule has 0 bridgehead atoms. The Bertz CT molecular complexity index is 1320. The van der Waals surface area contributed by atoms with Gasteiger partial charge in [-0.1, -0.05) is 30.7 Å². The number of carbonyl (C=O) groups excluding carboxylic acids is 2. The first-order valence-corrected chi connectivity index (χ1v) is 9.82. The van der Waals surface area contributed by atoms with E-state index in [0.717, 1.165) is 17.7 Å². The summed E-state index contributed by atoms with van der Waals surface area (Å²) < 4.78 is 29.4. The molecule has 0 fully saturated rings. The molecule has 8 heteroatoms. The lowest BCUT2D eigenvalue weighted by Crippen LogP contribution is -2.14. The first-order valence-electron chi connectivity index (χ1n) is 9.44. The van der Waals surface area contributed by atoms with Crippen LogP contribution < -0.4 is 5.32 Å². The van der Waals surface area contributed by atoms with Crippen LogP contribution in [0.5, 0.6) is 0 Å². The Kier molecular flexibility index (Phi) is 5.52. The molecule has 0 saturated carbocycles. The van der Waals surface area contributed by atoms with E-state index in [1.54, 1.807) is 43.5 Å². The van der Waals surface area contributed by atoms with Gasteiger partial charge in [-0.15, -0.1) is 0 Å². The molecule has 2 N–H and O–H groups in total. The van der Waals surface area contributed by atoms with Crippen molar-refractivity contribution < 1.29 is 18.4 Å². The lowest BCUT2D eigenvalue weighted by molar-refractivity contribution is -0.115. The number of H-pyrrole nitrogens is 1. The average molecular weight is 440 g/mol. The van der Waals surface area contributed by atoms with Gasteiger partial charge in [-0.05, 0) is 35.9 Å². The molecular formula is C23H16ClF2N3O2. The number of nitrogens with zero attached hydrogens (tertiary/aromatic N) is 1. The highest BCUT2D eigenvalue weighted by Gasteiger charge is 2.25. The molecule has 0 atom stereocenters. The fourth-order valence-corrected chi connectivity index (χ4v) is 3.35. The van der Waals surface area contributed by atoms with Gasteiger partial charge in [-0.25, -0.2) is 13.8 Å². The van der Waals surface area contributed by atoms with Crippen molar-refractivity contribution in [3.05, 3.63) is 82.6 Å². The van der Waals surface area contributed by atoms with Crippen molar-refractivity contribution in [2.75, 3.05) is 5.32 Å². The minimum Gasteiger partial charge on any atom is -0.345 e. The first kappa shape index (κ1) is 20.7. The Hall–Kier alpha value is -3.58. The van der Waals surface area contributed by atoms with Crippen LogP contribution in [0.1, 0.15) is 29.3 Å². The van der Waals surface area contributed by atoms with Gasteiger partial charge in [0.2, 0.25) is 11.7 Å². The third-order valence-electron chi connectivity index (χ3n) is 4.87. The Morgan fingerprint density at radius 2 is 1.84 bits per heavy atom. The van der Waals surface area contributed by atoms with Crippen molar-refractivity contribution >= 4 is 40.0 Å². The molecule has 0 saturated heterocycles. The number of ketones is 1. The summed E-state index contributed by atoms with van der Waals surface area (Å²) in [5, 5.41) is 3.33. The number of pyridine rings is 1. The minimum atomic E-state index is -1.12. The molecule has 5 nitrogen and oxygen atoms in total. The Morgan fingerprint density at radius 1 is 1.10 bits per heavy atom. The van der Waals surface area contributed by atoms with Crippen molar-refractivity contribution in [2.45, 2.75) is 13.3 Å². The number of aromatic nitrogens is 2. The van der Waals surface area contributed by atoms with Gasteiger partial charge in [0.15, 0.2) is 5.82 Å². The molecule has 2 aromatic carbocycles. The number of benzene rings is 2. The maximum atomic E-state index is 14.9. The number of rotatable bonds is 5. The highest BCUT2D eigenvalue weighted by Crippen LogP contribution is 2.29. The summed E-state index contributed by atoms with van der Waals surface area (Å²) >= 11 is 5.93. The number of fused-ring (bicyclic) bond motifs is 1. The van der Waals surface area contributed by atoms with Crippen LogP contribution in [0.15, 0.2) is 54.9 Å². The number of hydrogen-bond acceptors (Lipinski definition) is 3. The summed E-state index contributed by atoms with van der Waals surface area (Å²) in [4.78, 5) is 31.9. The van der Waals surface area contributed by atoms with Crippen molar-refractivity contribution in [3.8, 4) is 11.1 Å². The van der Waals surface area contributed by atoms with E-state index in [-0.39, 0.29) is 17.7 Å². The number of amides is 1. The highest BCUT2D eigenvalue weighted by atomic mass is 35.5. The second kappa shape index (κ2) is 8.28. The van der Waals surface area contributed by atoms with Gasteiger partial charge in [-0.2, -0.15) is 0 Å². The standard InChI is InChI=1S/C23H16ClF2N3O2/c1-2-19(30)29-18-8-7-17(25)20(21(18)26)22(31)16-11-28-23-15(16)9-13(10-27-23)12-3-5-14(24)6-4-12/h3-11H,2H2,1H3,(H,27,28)(H,29,30). The molecular weight excluding hydrogens is 424 g/mol. The number of anilines is 1. The van der Waals surface area contributed by atoms with Gasteiger partial charge in [0.05, 0.1) is 11.3 Å². The second-order valence-corrected chi connectivity index (χ2v) is 7.28. The maximum absolute atomic E-state index is 14.9. The number of aromatic amines is 1. The van der Waals surface area contributed by atoms with Gasteiger partial charge >= 0.3 is 0 Å². The van der Waals surface area contributed by atoms with Crippen LogP contribution in [-0.2, 0) is 4.79 Å². The number of carbonyl (C=O) groups is 2. The molecule has 4 rings (SSSR count). The molecule has 0 unspecified atom stereocenters. The maximum Gasteiger partial charge on any atom is 0.224 e. The summed E-state index contributed by atoms with van der Waals surface area (Å²) in [6, 6.07) is 10.8. The Balaban J connectivity index is 1.79. The molecule has 1 amide bonds. The van der Waals surface area contributed by atoms with E-state index >= 15 is 0 Å². The summed E-state index contributed by atoms with van der Waals surface area (Å²) in [6.45, 7) is 1.60. The van der Waals surface area contributed by atoms with E-state index in [9.17, 15) is 18.4 Å². The van der Waals surface area contributed by atoms with Crippen LogP contribution in [0.25, 0.3) is 22.2 Å². The molecule has 0 spiro atoms. The number of halogens is 3. The van der Waals surface area contributed by atoms with Crippen molar-refractivity contribution in [3.63, 3.8) is 0 Å². The third kappa shape index (κ3) is 3.92. The fraction of sp³-hybridized carbons (Fsp3) is 0.0870. The third-order valence-corrected chi connectivity index (χ3v) is 5.12. The largest absolute Gasteiger partial charge is 0.345 e. The van der Waals surface area contributed by atoms with Crippen LogP contribution in [0.4, 0.5) is 14.5 Å². The Morgan fingerprint density at radius 3 is 2.55 bits per heavy atom. The first-order chi connectivity index (χ1) is 14.9. The van der Waals surface area contributed by atoms with E-state index in [0.29, 0.717) is 21.6 Å². The van der Waals surface area contributed by atoms with Gasteiger partial charge in [-0.3, -0.25) is 9.59 Å². The predicted molar refractivity (Wildman–Crippen MR) is 115 cm³/mol. The average Bonchev–Trinajstić information content (AvgIpc) is 3.19. The van der Waals surface area contributed by atoms with Gasteiger partial charge in [0, 0.05) is 40.4 Å². The van der Waals surface area contributed by atoms with E-state index < -0.39 is 28.9 Å². The highest BCUT2D eigenvalue weighted by molar-refractivity contribution is 6.30. The molecule has 2 aromatic heterocycles. The zero-order valence-electron chi connectivity index (χ0n) is 16.3. The monoisotopic (exact) mass is 439 g/mol. The zero-order chi connectivity index (χ0) is 22.1. The lowest BCUT2D eigenvalue weighted by atomic mass is 9.99. The van der Waals surface area contributed by atoms with E-state index in [1.165, 1.54) is 6.20 Å². The summed E-state index contributed by atoms with van der Waals surface area (Å²) in [5.74, 6) is -3.45. The lowest BCUT2D eigenvalue weighted by Gasteiger charge is -2.10. The molecule has 0 aliphatic heterocycles. The van der Waals surface area contributed by atoms with Crippen molar-refractivity contribution in [1.82, 2.24) is 9.97 Å². The van der Waals surface area contributed by atoms with E-state index in [1.807, 2.05) is 0 Å².